The van der Waals surface area contributed by atoms with Gasteiger partial charge in [-0.05, 0) is 32.6 Å². The van der Waals surface area contributed by atoms with E-state index in [2.05, 4.69) is 26.8 Å². The van der Waals surface area contributed by atoms with Gasteiger partial charge >= 0.3 is 5.97 Å². The molecule has 0 radical (unpaired) electrons. The molecule has 0 spiro atoms. The molecule has 0 saturated heterocycles. The van der Waals surface area contributed by atoms with Crippen LogP contribution in [0.25, 0.3) is 0 Å². The van der Waals surface area contributed by atoms with Gasteiger partial charge in [-0.1, -0.05) is 32.4 Å². The Hall–Kier alpha value is -0.830. The van der Waals surface area contributed by atoms with E-state index in [1.807, 2.05) is 13.8 Å². The number of carbonyl (C=O) groups excluding carboxylic acids is 1. The van der Waals surface area contributed by atoms with E-state index < -0.39 is 0 Å². The summed E-state index contributed by atoms with van der Waals surface area (Å²) in [5.41, 5.74) is 0.968. The number of carbonyl (C=O) groups is 1. The predicted octanol–water partition coefficient (Wildman–Crippen LogP) is 3.32. The van der Waals surface area contributed by atoms with Gasteiger partial charge in [-0.25, -0.2) is 0 Å². The van der Waals surface area contributed by atoms with Crippen LogP contribution in [-0.4, -0.2) is 24.3 Å². The van der Waals surface area contributed by atoms with Crippen molar-refractivity contribution < 1.29 is 14.6 Å². The SMILES string of the molecule is CC(C)=CCCC(C)CC(=O)OCC(C)(C)CO. The van der Waals surface area contributed by atoms with Crippen molar-refractivity contribution in [2.45, 2.75) is 53.9 Å². The van der Waals surface area contributed by atoms with Gasteiger partial charge in [0.15, 0.2) is 0 Å². The fourth-order valence-electron chi connectivity index (χ4n) is 1.42. The van der Waals surface area contributed by atoms with Crippen LogP contribution in [0.1, 0.15) is 53.9 Å². The third-order valence-corrected chi connectivity index (χ3v) is 2.78. The van der Waals surface area contributed by atoms with Gasteiger partial charge in [0.2, 0.25) is 0 Å². The zero-order valence-electron chi connectivity index (χ0n) is 12.5. The van der Waals surface area contributed by atoms with Crippen LogP contribution in [-0.2, 0) is 9.53 Å². The van der Waals surface area contributed by atoms with E-state index in [1.54, 1.807) is 0 Å². The summed E-state index contributed by atoms with van der Waals surface area (Å²) in [6.07, 6.45) is 4.66. The third kappa shape index (κ3) is 9.23. The van der Waals surface area contributed by atoms with E-state index in [4.69, 9.17) is 9.84 Å². The Kier molecular flexibility index (Phi) is 7.92. The maximum Gasteiger partial charge on any atom is 0.306 e. The number of aliphatic hydroxyl groups excluding tert-OH is 1. The molecule has 0 aromatic carbocycles. The van der Waals surface area contributed by atoms with Gasteiger partial charge < -0.3 is 9.84 Å². The Morgan fingerprint density at radius 3 is 2.50 bits per heavy atom. The number of rotatable bonds is 8. The lowest BCUT2D eigenvalue weighted by molar-refractivity contribution is -0.148. The topological polar surface area (TPSA) is 46.5 Å². The van der Waals surface area contributed by atoms with Crippen LogP contribution in [0.5, 0.6) is 0 Å². The molecule has 3 nitrogen and oxygen atoms in total. The molecule has 1 N–H and O–H groups in total. The summed E-state index contributed by atoms with van der Waals surface area (Å²) in [6, 6.07) is 0. The minimum Gasteiger partial charge on any atom is -0.465 e. The molecule has 0 fully saturated rings. The number of hydrogen-bond donors (Lipinski definition) is 1. The second kappa shape index (κ2) is 8.30. The summed E-state index contributed by atoms with van der Waals surface area (Å²) >= 11 is 0. The first kappa shape index (κ1) is 17.2. The van der Waals surface area contributed by atoms with Crippen LogP contribution in [0, 0.1) is 11.3 Å². The monoisotopic (exact) mass is 256 g/mol. The number of hydrogen-bond acceptors (Lipinski definition) is 3. The number of ether oxygens (including phenoxy) is 1. The van der Waals surface area contributed by atoms with Gasteiger partial charge in [-0.3, -0.25) is 4.79 Å². The average Bonchev–Trinajstić information content (AvgIpc) is 2.26. The lowest BCUT2D eigenvalue weighted by Crippen LogP contribution is -2.26. The molecule has 0 bridgehead atoms. The van der Waals surface area contributed by atoms with Gasteiger partial charge in [0.1, 0.15) is 0 Å². The molecule has 18 heavy (non-hydrogen) atoms. The van der Waals surface area contributed by atoms with E-state index in [-0.39, 0.29) is 24.6 Å². The molecule has 3 heteroatoms. The summed E-state index contributed by atoms with van der Waals surface area (Å²) in [4.78, 5) is 11.6. The molecular weight excluding hydrogens is 228 g/mol. The van der Waals surface area contributed by atoms with E-state index in [9.17, 15) is 4.79 Å². The highest BCUT2D eigenvalue weighted by Gasteiger charge is 2.19. The molecule has 1 unspecified atom stereocenters. The largest absolute Gasteiger partial charge is 0.465 e. The van der Waals surface area contributed by atoms with Gasteiger partial charge in [-0.15, -0.1) is 0 Å². The molecule has 0 aliphatic rings. The summed E-state index contributed by atoms with van der Waals surface area (Å²) in [7, 11) is 0. The van der Waals surface area contributed by atoms with E-state index in [1.165, 1.54) is 5.57 Å². The summed E-state index contributed by atoms with van der Waals surface area (Å²) in [5.74, 6) is 0.173. The Bertz CT molecular complexity index is 275. The molecule has 0 aromatic rings. The van der Waals surface area contributed by atoms with E-state index >= 15 is 0 Å². The first-order valence-corrected chi connectivity index (χ1v) is 6.66. The van der Waals surface area contributed by atoms with Gasteiger partial charge in [0.05, 0.1) is 13.2 Å². The minimum atomic E-state index is -0.346. The third-order valence-electron chi connectivity index (χ3n) is 2.78. The maximum atomic E-state index is 11.6. The second-order valence-electron chi connectivity index (χ2n) is 6.15. The molecule has 106 valence electrons. The molecule has 0 rings (SSSR count). The average molecular weight is 256 g/mol. The molecule has 0 amide bonds. The van der Waals surface area contributed by atoms with Crippen molar-refractivity contribution in [1.82, 2.24) is 0 Å². The van der Waals surface area contributed by atoms with Crippen LogP contribution in [0.15, 0.2) is 11.6 Å². The van der Waals surface area contributed by atoms with Crippen LogP contribution in [0.2, 0.25) is 0 Å². The van der Waals surface area contributed by atoms with Crippen LogP contribution < -0.4 is 0 Å². The first-order valence-electron chi connectivity index (χ1n) is 6.66. The number of aliphatic hydroxyl groups is 1. The lowest BCUT2D eigenvalue weighted by atomic mass is 9.96. The highest BCUT2D eigenvalue weighted by atomic mass is 16.5. The van der Waals surface area contributed by atoms with Crippen LogP contribution in [0.4, 0.5) is 0 Å². The quantitative estimate of drug-likeness (QED) is 0.535. The van der Waals surface area contributed by atoms with Gasteiger partial charge in [0, 0.05) is 11.8 Å². The Balaban J connectivity index is 3.84. The van der Waals surface area contributed by atoms with Crippen molar-refractivity contribution in [1.29, 1.82) is 0 Å². The Labute approximate surface area is 111 Å². The Morgan fingerprint density at radius 2 is 2.00 bits per heavy atom. The fourth-order valence-corrected chi connectivity index (χ4v) is 1.42. The number of esters is 1. The summed E-state index contributed by atoms with van der Waals surface area (Å²) in [5, 5.41) is 9.06. The smallest absolute Gasteiger partial charge is 0.306 e. The second-order valence-corrected chi connectivity index (χ2v) is 6.15. The van der Waals surface area contributed by atoms with Gasteiger partial charge in [-0.2, -0.15) is 0 Å². The van der Waals surface area contributed by atoms with E-state index in [0.717, 1.165) is 12.8 Å². The van der Waals surface area contributed by atoms with Crippen molar-refractivity contribution in [2.75, 3.05) is 13.2 Å². The predicted molar refractivity (Wildman–Crippen MR) is 74.3 cm³/mol. The fraction of sp³-hybridized carbons (Fsp3) is 0.800. The molecule has 0 aromatic heterocycles. The molecule has 0 aliphatic carbocycles. The van der Waals surface area contributed by atoms with Crippen LogP contribution >= 0.6 is 0 Å². The Morgan fingerprint density at radius 1 is 1.39 bits per heavy atom. The van der Waals surface area contributed by atoms with Crippen molar-refractivity contribution in [3.8, 4) is 0 Å². The number of allylic oxidation sites excluding steroid dienone is 2. The standard InChI is InChI=1S/C15H28O3/c1-12(2)7-6-8-13(3)9-14(17)18-11-15(4,5)10-16/h7,13,16H,6,8-11H2,1-5H3. The molecular formula is C15H28O3. The van der Waals surface area contributed by atoms with Crippen molar-refractivity contribution in [3.63, 3.8) is 0 Å². The summed E-state index contributed by atoms with van der Waals surface area (Å²) < 4.78 is 5.18. The molecule has 0 aliphatic heterocycles. The van der Waals surface area contributed by atoms with Gasteiger partial charge in [0.25, 0.3) is 0 Å². The van der Waals surface area contributed by atoms with Crippen molar-refractivity contribution in [2.24, 2.45) is 11.3 Å². The zero-order chi connectivity index (χ0) is 14.2. The maximum absolute atomic E-state index is 11.6. The van der Waals surface area contributed by atoms with Crippen molar-refractivity contribution >= 4 is 5.97 Å². The molecule has 1 atom stereocenters. The highest BCUT2D eigenvalue weighted by Crippen LogP contribution is 2.16. The normalized spacial score (nSPS) is 13.0. The highest BCUT2D eigenvalue weighted by molar-refractivity contribution is 5.69. The summed E-state index contributed by atoms with van der Waals surface area (Å²) in [6.45, 7) is 10.3. The lowest BCUT2D eigenvalue weighted by Gasteiger charge is -2.21. The zero-order valence-corrected chi connectivity index (χ0v) is 12.5. The van der Waals surface area contributed by atoms with Crippen molar-refractivity contribution in [3.05, 3.63) is 11.6 Å². The molecule has 0 heterocycles. The molecule has 0 saturated carbocycles. The van der Waals surface area contributed by atoms with E-state index in [0.29, 0.717) is 12.3 Å². The van der Waals surface area contributed by atoms with Crippen LogP contribution in [0.3, 0.4) is 0 Å². The first-order chi connectivity index (χ1) is 8.26. The minimum absolute atomic E-state index is 0.0242.